The first kappa shape index (κ1) is 21.1. The molecule has 0 unspecified atom stereocenters. The van der Waals surface area contributed by atoms with Crippen LogP contribution in [0.5, 0.6) is 0 Å². The van der Waals surface area contributed by atoms with Gasteiger partial charge in [-0.15, -0.1) is 0 Å². The van der Waals surface area contributed by atoms with E-state index in [0.29, 0.717) is 10.0 Å². The quantitative estimate of drug-likeness (QED) is 0.487. The lowest BCUT2D eigenvalue weighted by molar-refractivity contribution is 0.0959. The molecule has 0 saturated heterocycles. The standard InChI is InChI=1S/C24H25Cl2N3O/c1-4-19-22(17-11-10-15(25)13-18(17)26)27-20(5-2)24(28-19)29-23-16-9-7-6-8-14(16)12-21(23)30-3/h6-11,13,21,23H,4-5,12H2,1-3H3,(H,28,29)/t21-,23-/m1/s1. The fourth-order valence-electron chi connectivity index (χ4n) is 4.11. The molecule has 4 nitrogen and oxygen atoms in total. The molecule has 1 N–H and O–H groups in total. The molecule has 0 fully saturated rings. The van der Waals surface area contributed by atoms with Crippen LogP contribution in [0.25, 0.3) is 11.3 Å². The number of methoxy groups -OCH3 is 1. The first-order valence-corrected chi connectivity index (χ1v) is 11.0. The van der Waals surface area contributed by atoms with Crippen molar-refractivity contribution in [1.82, 2.24) is 9.97 Å². The zero-order chi connectivity index (χ0) is 21.3. The topological polar surface area (TPSA) is 47.0 Å². The maximum atomic E-state index is 6.48. The van der Waals surface area contributed by atoms with Crippen LogP contribution in [0.4, 0.5) is 5.82 Å². The molecule has 156 valence electrons. The Morgan fingerprint density at radius 2 is 1.80 bits per heavy atom. The third kappa shape index (κ3) is 3.92. The highest BCUT2D eigenvalue weighted by molar-refractivity contribution is 6.36. The van der Waals surface area contributed by atoms with E-state index in [1.54, 1.807) is 13.2 Å². The van der Waals surface area contributed by atoms with Crippen molar-refractivity contribution in [1.29, 1.82) is 0 Å². The number of hydrogen-bond acceptors (Lipinski definition) is 4. The van der Waals surface area contributed by atoms with Gasteiger partial charge in [-0.3, -0.25) is 0 Å². The number of halogens is 2. The number of ether oxygens (including phenoxy) is 1. The van der Waals surface area contributed by atoms with Gasteiger partial charge in [-0.2, -0.15) is 0 Å². The van der Waals surface area contributed by atoms with Gasteiger partial charge in [-0.05, 0) is 42.2 Å². The van der Waals surface area contributed by atoms with E-state index in [1.165, 1.54) is 11.1 Å². The molecule has 1 heterocycles. The summed E-state index contributed by atoms with van der Waals surface area (Å²) < 4.78 is 5.79. The minimum Gasteiger partial charge on any atom is -0.379 e. The molecule has 30 heavy (non-hydrogen) atoms. The maximum Gasteiger partial charge on any atom is 0.148 e. The van der Waals surface area contributed by atoms with Crippen molar-refractivity contribution in [2.45, 2.75) is 45.3 Å². The summed E-state index contributed by atoms with van der Waals surface area (Å²) in [6, 6.07) is 14.0. The fraction of sp³-hybridized carbons (Fsp3) is 0.333. The van der Waals surface area contributed by atoms with E-state index < -0.39 is 0 Å². The van der Waals surface area contributed by atoms with Crippen LogP contribution in [0.2, 0.25) is 10.0 Å². The zero-order valence-electron chi connectivity index (χ0n) is 17.4. The Morgan fingerprint density at radius 1 is 1.03 bits per heavy atom. The minimum atomic E-state index is 0.0421. The van der Waals surface area contributed by atoms with Crippen LogP contribution in [0, 0.1) is 0 Å². The number of aromatic nitrogens is 2. The highest BCUT2D eigenvalue weighted by Crippen LogP contribution is 2.37. The number of hydrogen-bond donors (Lipinski definition) is 1. The third-order valence-electron chi connectivity index (χ3n) is 5.67. The molecule has 0 aliphatic heterocycles. The van der Waals surface area contributed by atoms with Gasteiger partial charge in [0.25, 0.3) is 0 Å². The van der Waals surface area contributed by atoms with Crippen LogP contribution in [0.1, 0.15) is 42.4 Å². The van der Waals surface area contributed by atoms with E-state index in [2.05, 4.69) is 43.4 Å². The number of nitrogens with zero attached hydrogens (tertiary/aromatic N) is 2. The Kier molecular flexibility index (Phi) is 6.28. The van der Waals surface area contributed by atoms with Gasteiger partial charge in [0, 0.05) is 24.1 Å². The van der Waals surface area contributed by atoms with Gasteiger partial charge < -0.3 is 10.1 Å². The molecule has 4 rings (SSSR count). The summed E-state index contributed by atoms with van der Waals surface area (Å²) in [4.78, 5) is 9.96. The van der Waals surface area contributed by atoms with Crippen molar-refractivity contribution < 1.29 is 4.74 Å². The van der Waals surface area contributed by atoms with Gasteiger partial charge in [0.05, 0.1) is 34.3 Å². The molecule has 2 aromatic carbocycles. The number of benzene rings is 2. The highest BCUT2D eigenvalue weighted by atomic mass is 35.5. The van der Waals surface area contributed by atoms with Crippen molar-refractivity contribution in [3.05, 3.63) is 75.0 Å². The number of aryl methyl sites for hydroxylation is 2. The fourth-order valence-corrected chi connectivity index (χ4v) is 4.60. The van der Waals surface area contributed by atoms with Gasteiger partial charge in [-0.1, -0.05) is 61.3 Å². The number of fused-ring (bicyclic) bond motifs is 1. The van der Waals surface area contributed by atoms with Crippen LogP contribution in [-0.4, -0.2) is 23.2 Å². The maximum absolute atomic E-state index is 6.48. The molecule has 0 radical (unpaired) electrons. The summed E-state index contributed by atoms with van der Waals surface area (Å²) in [5.41, 5.74) is 6.06. The molecule has 1 aliphatic rings. The van der Waals surface area contributed by atoms with E-state index in [1.807, 2.05) is 12.1 Å². The predicted octanol–water partition coefficient (Wildman–Crippen LogP) is 6.30. The normalized spacial score (nSPS) is 17.8. The first-order chi connectivity index (χ1) is 14.5. The van der Waals surface area contributed by atoms with Crippen molar-refractivity contribution >= 4 is 29.0 Å². The third-order valence-corrected chi connectivity index (χ3v) is 6.22. The van der Waals surface area contributed by atoms with Crippen LogP contribution in [0.3, 0.4) is 0 Å². The van der Waals surface area contributed by atoms with Gasteiger partial charge in [0.15, 0.2) is 0 Å². The smallest absolute Gasteiger partial charge is 0.148 e. The van der Waals surface area contributed by atoms with Crippen molar-refractivity contribution in [2.24, 2.45) is 0 Å². The summed E-state index contributed by atoms with van der Waals surface area (Å²) in [7, 11) is 1.76. The van der Waals surface area contributed by atoms with Crippen molar-refractivity contribution in [3.8, 4) is 11.3 Å². The van der Waals surface area contributed by atoms with Crippen LogP contribution in [0.15, 0.2) is 42.5 Å². The van der Waals surface area contributed by atoms with Crippen LogP contribution < -0.4 is 5.32 Å². The Labute approximate surface area is 187 Å². The van der Waals surface area contributed by atoms with E-state index in [0.717, 1.165) is 47.7 Å². The van der Waals surface area contributed by atoms with E-state index in [9.17, 15) is 0 Å². The van der Waals surface area contributed by atoms with E-state index in [4.69, 9.17) is 37.9 Å². The molecule has 2 atom stereocenters. The second-order valence-corrected chi connectivity index (χ2v) is 8.29. The summed E-state index contributed by atoms with van der Waals surface area (Å²) in [6.45, 7) is 4.17. The molecular weight excluding hydrogens is 417 g/mol. The molecule has 1 aromatic heterocycles. The molecule has 0 amide bonds. The Balaban J connectivity index is 1.76. The average Bonchev–Trinajstić information content (AvgIpc) is 3.11. The zero-order valence-corrected chi connectivity index (χ0v) is 18.9. The van der Waals surface area contributed by atoms with Gasteiger partial charge in [0.2, 0.25) is 0 Å². The summed E-state index contributed by atoms with van der Waals surface area (Å²) in [6.07, 6.45) is 2.45. The summed E-state index contributed by atoms with van der Waals surface area (Å²) in [5.74, 6) is 0.812. The molecule has 1 aliphatic carbocycles. The number of nitrogens with one attached hydrogen (secondary N) is 1. The van der Waals surface area contributed by atoms with E-state index >= 15 is 0 Å². The molecule has 0 spiro atoms. The van der Waals surface area contributed by atoms with Gasteiger partial charge in [0.1, 0.15) is 5.82 Å². The van der Waals surface area contributed by atoms with Gasteiger partial charge in [-0.25, -0.2) is 9.97 Å². The summed E-state index contributed by atoms with van der Waals surface area (Å²) in [5, 5.41) is 4.83. The first-order valence-electron chi connectivity index (χ1n) is 10.3. The Morgan fingerprint density at radius 3 is 2.50 bits per heavy atom. The second-order valence-electron chi connectivity index (χ2n) is 7.44. The molecule has 0 bridgehead atoms. The minimum absolute atomic E-state index is 0.0421. The van der Waals surface area contributed by atoms with Crippen molar-refractivity contribution in [2.75, 3.05) is 12.4 Å². The number of anilines is 1. The second kappa shape index (κ2) is 8.93. The Hall–Kier alpha value is -2.14. The monoisotopic (exact) mass is 441 g/mol. The lowest BCUT2D eigenvalue weighted by Crippen LogP contribution is -2.25. The molecule has 3 aromatic rings. The summed E-state index contributed by atoms with van der Waals surface area (Å²) >= 11 is 12.6. The molecule has 6 heteroatoms. The van der Waals surface area contributed by atoms with Crippen molar-refractivity contribution in [3.63, 3.8) is 0 Å². The Bertz CT molecular complexity index is 1070. The van der Waals surface area contributed by atoms with Crippen LogP contribution in [-0.2, 0) is 24.0 Å². The average molecular weight is 442 g/mol. The lowest BCUT2D eigenvalue weighted by atomic mass is 10.1. The lowest BCUT2D eigenvalue weighted by Gasteiger charge is -2.23. The SMILES string of the molecule is CCc1nc(-c2ccc(Cl)cc2Cl)c(CC)nc1N[C@@H]1c2ccccc2C[C@H]1OC. The van der Waals surface area contributed by atoms with Crippen LogP contribution >= 0.6 is 23.2 Å². The number of rotatable bonds is 6. The molecular formula is C24H25Cl2N3O. The van der Waals surface area contributed by atoms with Gasteiger partial charge >= 0.3 is 0 Å². The molecule has 0 saturated carbocycles. The largest absolute Gasteiger partial charge is 0.379 e. The highest BCUT2D eigenvalue weighted by Gasteiger charge is 2.33. The predicted molar refractivity (Wildman–Crippen MR) is 124 cm³/mol. The van der Waals surface area contributed by atoms with E-state index in [-0.39, 0.29) is 12.1 Å².